The smallest absolute Gasteiger partial charge is 0.325 e. The molecule has 174 valence electrons. The van der Waals surface area contributed by atoms with E-state index in [4.69, 9.17) is 11.6 Å². The van der Waals surface area contributed by atoms with Gasteiger partial charge in [0, 0.05) is 29.4 Å². The number of hydrogen-bond donors (Lipinski definition) is 3. The van der Waals surface area contributed by atoms with Gasteiger partial charge in [-0.05, 0) is 55.3 Å². The van der Waals surface area contributed by atoms with Crippen LogP contribution in [0.4, 0.5) is 16.2 Å². The van der Waals surface area contributed by atoms with Crippen molar-refractivity contribution in [2.24, 2.45) is 0 Å². The molecule has 0 unspecified atom stereocenters. The van der Waals surface area contributed by atoms with Gasteiger partial charge in [-0.2, -0.15) is 0 Å². The number of amides is 4. The van der Waals surface area contributed by atoms with Gasteiger partial charge in [0.2, 0.25) is 5.91 Å². The molecule has 11 heteroatoms. The standard InChI is InChI=1S/C22H23ClN4O5S/c23-15-6-8-16(9-7-15)26-33(31,32)18-5-3-4-17(14-18)24-19(28)10-13-27-20(29)22(25-21(27)30)11-1-2-12-22/h3-9,14,26H,1-2,10-13H2,(H,24,28)(H,25,30). The van der Waals surface area contributed by atoms with Gasteiger partial charge in [0.05, 0.1) is 4.90 Å². The van der Waals surface area contributed by atoms with Crippen molar-refractivity contribution in [3.8, 4) is 0 Å². The molecule has 1 aliphatic carbocycles. The fourth-order valence-electron chi connectivity index (χ4n) is 4.11. The second-order valence-electron chi connectivity index (χ2n) is 8.11. The minimum atomic E-state index is -3.89. The maximum absolute atomic E-state index is 12.7. The number of nitrogens with zero attached hydrogens (tertiary/aromatic N) is 1. The fourth-order valence-corrected chi connectivity index (χ4v) is 5.34. The number of carbonyl (C=O) groups excluding carboxylic acids is 3. The zero-order valence-corrected chi connectivity index (χ0v) is 19.2. The van der Waals surface area contributed by atoms with Crippen molar-refractivity contribution in [3.05, 3.63) is 53.6 Å². The summed E-state index contributed by atoms with van der Waals surface area (Å²) in [7, 11) is -3.89. The molecule has 2 aromatic rings. The number of rotatable bonds is 7. The number of benzene rings is 2. The molecule has 4 rings (SSSR count). The molecular weight excluding hydrogens is 468 g/mol. The summed E-state index contributed by atoms with van der Waals surface area (Å²) in [6, 6.07) is 11.5. The van der Waals surface area contributed by atoms with E-state index in [9.17, 15) is 22.8 Å². The number of sulfonamides is 1. The summed E-state index contributed by atoms with van der Waals surface area (Å²) in [6.45, 7) is -0.0473. The third kappa shape index (κ3) is 4.96. The van der Waals surface area contributed by atoms with Crippen molar-refractivity contribution < 1.29 is 22.8 Å². The SMILES string of the molecule is O=C(CCN1C(=O)NC2(CCCC2)C1=O)Nc1cccc(S(=O)(=O)Nc2ccc(Cl)cc2)c1. The Bertz CT molecular complexity index is 1190. The molecule has 1 spiro atoms. The second kappa shape index (κ2) is 9.03. The summed E-state index contributed by atoms with van der Waals surface area (Å²) < 4.78 is 27.8. The molecule has 1 heterocycles. The zero-order chi connectivity index (χ0) is 23.6. The van der Waals surface area contributed by atoms with Crippen molar-refractivity contribution in [1.29, 1.82) is 0 Å². The van der Waals surface area contributed by atoms with E-state index in [1.54, 1.807) is 18.2 Å². The topological polar surface area (TPSA) is 125 Å². The van der Waals surface area contributed by atoms with Crippen LogP contribution in [0, 0.1) is 0 Å². The molecule has 2 fully saturated rings. The summed E-state index contributed by atoms with van der Waals surface area (Å²) in [4.78, 5) is 38.4. The molecular formula is C22H23ClN4O5S. The van der Waals surface area contributed by atoms with Gasteiger partial charge in [-0.15, -0.1) is 0 Å². The number of halogens is 1. The van der Waals surface area contributed by atoms with E-state index >= 15 is 0 Å². The van der Waals surface area contributed by atoms with E-state index in [1.807, 2.05) is 0 Å². The first-order valence-electron chi connectivity index (χ1n) is 10.5. The lowest BCUT2D eigenvalue weighted by atomic mass is 9.98. The highest BCUT2D eigenvalue weighted by molar-refractivity contribution is 7.92. The fraction of sp³-hybridized carbons (Fsp3) is 0.318. The van der Waals surface area contributed by atoms with Crippen molar-refractivity contribution in [1.82, 2.24) is 10.2 Å². The van der Waals surface area contributed by atoms with Crippen molar-refractivity contribution in [2.45, 2.75) is 42.5 Å². The Morgan fingerprint density at radius 2 is 1.76 bits per heavy atom. The maximum atomic E-state index is 12.7. The predicted molar refractivity (Wildman–Crippen MR) is 123 cm³/mol. The van der Waals surface area contributed by atoms with Gasteiger partial charge in [0.1, 0.15) is 5.54 Å². The summed E-state index contributed by atoms with van der Waals surface area (Å²) >= 11 is 5.82. The molecule has 4 amide bonds. The van der Waals surface area contributed by atoms with Crippen molar-refractivity contribution in [3.63, 3.8) is 0 Å². The Morgan fingerprint density at radius 3 is 2.45 bits per heavy atom. The van der Waals surface area contributed by atoms with E-state index in [0.29, 0.717) is 23.6 Å². The first kappa shape index (κ1) is 23.1. The van der Waals surface area contributed by atoms with Gasteiger partial charge >= 0.3 is 6.03 Å². The molecule has 33 heavy (non-hydrogen) atoms. The molecule has 2 aliphatic rings. The van der Waals surface area contributed by atoms with Gasteiger partial charge < -0.3 is 10.6 Å². The highest BCUT2D eigenvalue weighted by Crippen LogP contribution is 2.35. The Morgan fingerprint density at radius 1 is 1.06 bits per heavy atom. The molecule has 1 saturated carbocycles. The monoisotopic (exact) mass is 490 g/mol. The first-order chi connectivity index (χ1) is 15.7. The summed E-state index contributed by atoms with van der Waals surface area (Å²) in [5, 5.41) is 5.88. The summed E-state index contributed by atoms with van der Waals surface area (Å²) in [6.07, 6.45) is 2.89. The highest BCUT2D eigenvalue weighted by atomic mass is 35.5. The largest absolute Gasteiger partial charge is 0.326 e. The zero-order valence-electron chi connectivity index (χ0n) is 17.6. The minimum Gasteiger partial charge on any atom is -0.326 e. The van der Waals surface area contributed by atoms with E-state index in [0.717, 1.165) is 17.7 Å². The Hall–Kier alpha value is -3.11. The van der Waals surface area contributed by atoms with Crippen molar-refractivity contribution in [2.75, 3.05) is 16.6 Å². The van der Waals surface area contributed by atoms with Gasteiger partial charge in [-0.25, -0.2) is 13.2 Å². The van der Waals surface area contributed by atoms with Gasteiger partial charge in [-0.3, -0.25) is 19.2 Å². The average Bonchev–Trinajstić information content (AvgIpc) is 3.33. The number of carbonyl (C=O) groups is 3. The number of urea groups is 1. The molecule has 2 aromatic carbocycles. The van der Waals surface area contributed by atoms with Crippen LogP contribution in [-0.4, -0.2) is 43.2 Å². The number of imide groups is 1. The molecule has 1 aliphatic heterocycles. The van der Waals surface area contributed by atoms with Crippen LogP contribution in [0.3, 0.4) is 0 Å². The molecule has 0 radical (unpaired) electrons. The average molecular weight is 491 g/mol. The van der Waals surface area contributed by atoms with Crippen LogP contribution in [0.2, 0.25) is 5.02 Å². The van der Waals surface area contributed by atoms with Gasteiger partial charge in [-0.1, -0.05) is 30.5 Å². The first-order valence-corrected chi connectivity index (χ1v) is 12.4. The normalized spacial score (nSPS) is 17.3. The van der Waals surface area contributed by atoms with Crippen LogP contribution in [0.25, 0.3) is 0 Å². The van der Waals surface area contributed by atoms with Crippen LogP contribution in [0.5, 0.6) is 0 Å². The van der Waals surface area contributed by atoms with E-state index in [-0.39, 0.29) is 29.5 Å². The van der Waals surface area contributed by atoms with Gasteiger partial charge in [0.25, 0.3) is 15.9 Å². The molecule has 9 nitrogen and oxygen atoms in total. The van der Waals surface area contributed by atoms with Crippen molar-refractivity contribution >= 4 is 50.8 Å². The van der Waals surface area contributed by atoms with Crippen LogP contribution in [0.1, 0.15) is 32.1 Å². The summed E-state index contributed by atoms with van der Waals surface area (Å²) in [5.74, 6) is -0.720. The van der Waals surface area contributed by atoms with Crippen LogP contribution >= 0.6 is 11.6 Å². The highest BCUT2D eigenvalue weighted by Gasteiger charge is 2.52. The number of hydrogen-bond acceptors (Lipinski definition) is 5. The third-order valence-corrected chi connectivity index (χ3v) is 7.42. The minimum absolute atomic E-state index is 0.0347. The second-order valence-corrected chi connectivity index (χ2v) is 10.2. The van der Waals surface area contributed by atoms with E-state index in [1.165, 1.54) is 30.3 Å². The summed E-state index contributed by atoms with van der Waals surface area (Å²) in [5.41, 5.74) is -0.182. The van der Waals surface area contributed by atoms with E-state index in [2.05, 4.69) is 15.4 Å². The maximum Gasteiger partial charge on any atom is 0.325 e. The quantitative estimate of drug-likeness (QED) is 0.513. The third-order valence-electron chi connectivity index (χ3n) is 5.79. The molecule has 1 saturated heterocycles. The predicted octanol–water partition coefficient (Wildman–Crippen LogP) is 3.33. The van der Waals surface area contributed by atoms with Crippen LogP contribution in [-0.2, 0) is 19.6 Å². The Kier molecular flexibility index (Phi) is 6.31. The molecule has 0 atom stereocenters. The van der Waals surface area contributed by atoms with E-state index < -0.39 is 27.5 Å². The molecule has 3 N–H and O–H groups in total. The van der Waals surface area contributed by atoms with Gasteiger partial charge in [0.15, 0.2) is 0 Å². The lowest BCUT2D eigenvalue weighted by Gasteiger charge is -2.19. The lowest BCUT2D eigenvalue weighted by Crippen LogP contribution is -2.44. The van der Waals surface area contributed by atoms with Crippen LogP contribution in [0.15, 0.2) is 53.4 Å². The van der Waals surface area contributed by atoms with Crippen LogP contribution < -0.4 is 15.4 Å². The molecule has 0 bridgehead atoms. The Labute approximate surface area is 196 Å². The molecule has 0 aromatic heterocycles. The number of nitrogens with one attached hydrogen (secondary N) is 3. The Balaban J connectivity index is 1.37. The lowest BCUT2D eigenvalue weighted by molar-refractivity contribution is -0.131. The number of anilines is 2.